The summed E-state index contributed by atoms with van der Waals surface area (Å²) in [4.78, 5) is 0. The number of halogens is 1. The van der Waals surface area contributed by atoms with Crippen molar-refractivity contribution in [1.29, 1.82) is 5.26 Å². The van der Waals surface area contributed by atoms with Crippen molar-refractivity contribution < 1.29 is 4.39 Å². The summed E-state index contributed by atoms with van der Waals surface area (Å²) in [7, 11) is 0. The van der Waals surface area contributed by atoms with Crippen LogP contribution >= 0.6 is 0 Å². The van der Waals surface area contributed by atoms with Crippen LogP contribution in [0, 0.1) is 24.1 Å². The highest BCUT2D eigenvalue weighted by Crippen LogP contribution is 2.11. The van der Waals surface area contributed by atoms with Crippen molar-refractivity contribution in [2.45, 2.75) is 6.92 Å². The zero-order valence-electron chi connectivity index (χ0n) is 8.11. The molecule has 1 aromatic carbocycles. The maximum absolute atomic E-state index is 12.7. The van der Waals surface area contributed by atoms with Gasteiger partial charge < -0.3 is 0 Å². The zero-order valence-corrected chi connectivity index (χ0v) is 8.11. The predicted octanol–water partition coefficient (Wildman–Crippen LogP) is 2.19. The maximum Gasteiger partial charge on any atom is 0.123 e. The first-order valence-corrected chi connectivity index (χ1v) is 4.43. The van der Waals surface area contributed by atoms with Crippen molar-refractivity contribution in [3.8, 4) is 11.8 Å². The molecule has 0 bridgehead atoms. The average molecular weight is 201 g/mol. The second kappa shape index (κ2) is 3.54. The lowest BCUT2D eigenvalue weighted by atomic mass is 10.3. The van der Waals surface area contributed by atoms with E-state index < -0.39 is 0 Å². The van der Waals surface area contributed by atoms with E-state index in [1.807, 2.05) is 6.07 Å². The Balaban J connectivity index is 2.46. The van der Waals surface area contributed by atoms with Gasteiger partial charge in [0, 0.05) is 6.20 Å². The van der Waals surface area contributed by atoms with Gasteiger partial charge in [0.05, 0.1) is 16.9 Å². The van der Waals surface area contributed by atoms with E-state index in [-0.39, 0.29) is 5.82 Å². The summed E-state index contributed by atoms with van der Waals surface area (Å²) in [6.07, 6.45) is 1.63. The first-order valence-electron chi connectivity index (χ1n) is 4.43. The molecule has 1 aromatic heterocycles. The Morgan fingerprint density at radius 2 is 2.00 bits per heavy atom. The van der Waals surface area contributed by atoms with Gasteiger partial charge in [-0.2, -0.15) is 10.4 Å². The van der Waals surface area contributed by atoms with Crippen LogP contribution < -0.4 is 0 Å². The Labute approximate surface area is 86.4 Å². The number of hydrogen-bond acceptors (Lipinski definition) is 2. The summed E-state index contributed by atoms with van der Waals surface area (Å²) in [5, 5.41) is 12.9. The number of hydrogen-bond donors (Lipinski definition) is 0. The van der Waals surface area contributed by atoms with Gasteiger partial charge >= 0.3 is 0 Å². The fourth-order valence-corrected chi connectivity index (χ4v) is 1.30. The first kappa shape index (κ1) is 9.41. The van der Waals surface area contributed by atoms with E-state index in [1.165, 1.54) is 12.1 Å². The lowest BCUT2D eigenvalue weighted by Crippen LogP contribution is -1.94. The fourth-order valence-electron chi connectivity index (χ4n) is 1.30. The largest absolute Gasteiger partial charge is 0.239 e. The molecular formula is C11H8FN3. The molecule has 0 amide bonds. The van der Waals surface area contributed by atoms with Gasteiger partial charge in [0.2, 0.25) is 0 Å². The topological polar surface area (TPSA) is 41.6 Å². The van der Waals surface area contributed by atoms with Crippen molar-refractivity contribution >= 4 is 0 Å². The van der Waals surface area contributed by atoms with Gasteiger partial charge in [-0.15, -0.1) is 0 Å². The third-order valence-corrected chi connectivity index (χ3v) is 2.11. The lowest BCUT2D eigenvalue weighted by Gasteiger charge is -1.99. The summed E-state index contributed by atoms with van der Waals surface area (Å²) in [6, 6.07) is 7.99. The van der Waals surface area contributed by atoms with Gasteiger partial charge in [0.25, 0.3) is 0 Å². The molecule has 0 aliphatic carbocycles. The highest BCUT2D eigenvalue weighted by molar-refractivity contribution is 5.37. The second-order valence-corrected chi connectivity index (χ2v) is 3.16. The molecule has 0 radical (unpaired) electrons. The van der Waals surface area contributed by atoms with E-state index >= 15 is 0 Å². The van der Waals surface area contributed by atoms with Crippen LogP contribution in [0.4, 0.5) is 4.39 Å². The Hall–Kier alpha value is -2.15. The van der Waals surface area contributed by atoms with Gasteiger partial charge in [0.1, 0.15) is 11.9 Å². The quantitative estimate of drug-likeness (QED) is 0.709. The molecule has 2 aromatic rings. The Morgan fingerprint density at radius 3 is 2.53 bits per heavy atom. The van der Waals surface area contributed by atoms with Crippen LogP contribution in [-0.4, -0.2) is 9.78 Å². The fraction of sp³-hybridized carbons (Fsp3) is 0.0909. The van der Waals surface area contributed by atoms with Gasteiger partial charge in [-0.25, -0.2) is 9.07 Å². The molecule has 0 aliphatic heterocycles. The summed E-state index contributed by atoms with van der Waals surface area (Å²) in [6.45, 7) is 1.76. The Morgan fingerprint density at radius 1 is 1.33 bits per heavy atom. The number of benzene rings is 1. The molecule has 0 unspecified atom stereocenters. The highest BCUT2D eigenvalue weighted by atomic mass is 19.1. The predicted molar refractivity (Wildman–Crippen MR) is 53.0 cm³/mol. The lowest BCUT2D eigenvalue weighted by molar-refractivity contribution is 0.627. The van der Waals surface area contributed by atoms with Crippen LogP contribution in [0.15, 0.2) is 30.5 Å². The minimum absolute atomic E-state index is 0.289. The van der Waals surface area contributed by atoms with E-state index in [9.17, 15) is 4.39 Å². The summed E-state index contributed by atoms with van der Waals surface area (Å²) < 4.78 is 14.2. The summed E-state index contributed by atoms with van der Waals surface area (Å²) in [5.41, 5.74) is 1.93. The molecule has 3 nitrogen and oxygen atoms in total. The van der Waals surface area contributed by atoms with Gasteiger partial charge in [-0.05, 0) is 31.2 Å². The van der Waals surface area contributed by atoms with Crippen LogP contribution in [-0.2, 0) is 0 Å². The molecule has 0 N–H and O–H groups in total. The molecule has 0 aliphatic rings. The van der Waals surface area contributed by atoms with E-state index in [2.05, 4.69) is 5.10 Å². The van der Waals surface area contributed by atoms with Crippen LogP contribution in [0.3, 0.4) is 0 Å². The van der Waals surface area contributed by atoms with Crippen molar-refractivity contribution in [3.63, 3.8) is 0 Å². The SMILES string of the molecule is Cc1nn(-c2ccc(F)cc2)cc1C#N. The van der Waals surface area contributed by atoms with Crippen LogP contribution in [0.5, 0.6) is 0 Å². The number of nitrogens with zero attached hydrogens (tertiary/aromatic N) is 3. The third kappa shape index (κ3) is 1.72. The van der Waals surface area contributed by atoms with Crippen LogP contribution in [0.1, 0.15) is 11.3 Å². The minimum Gasteiger partial charge on any atom is -0.239 e. The molecule has 0 saturated heterocycles. The molecule has 0 atom stereocenters. The first-order chi connectivity index (χ1) is 7.20. The van der Waals surface area contributed by atoms with Crippen molar-refractivity contribution in [2.24, 2.45) is 0 Å². The van der Waals surface area contributed by atoms with Crippen LogP contribution in [0.25, 0.3) is 5.69 Å². The summed E-state index contributed by atoms with van der Waals surface area (Å²) >= 11 is 0. The van der Waals surface area contributed by atoms with Crippen LogP contribution in [0.2, 0.25) is 0 Å². The Kier molecular flexibility index (Phi) is 2.22. The normalized spacial score (nSPS) is 9.93. The molecule has 15 heavy (non-hydrogen) atoms. The molecule has 4 heteroatoms. The molecule has 0 saturated carbocycles. The molecule has 2 rings (SSSR count). The maximum atomic E-state index is 12.7. The number of aryl methyl sites for hydroxylation is 1. The van der Waals surface area contributed by atoms with E-state index in [0.29, 0.717) is 11.3 Å². The van der Waals surface area contributed by atoms with E-state index in [4.69, 9.17) is 5.26 Å². The van der Waals surface area contributed by atoms with Crippen molar-refractivity contribution in [2.75, 3.05) is 0 Å². The highest BCUT2D eigenvalue weighted by Gasteiger charge is 2.04. The number of rotatable bonds is 1. The van der Waals surface area contributed by atoms with Crippen molar-refractivity contribution in [3.05, 3.63) is 47.5 Å². The third-order valence-electron chi connectivity index (χ3n) is 2.11. The smallest absolute Gasteiger partial charge is 0.123 e. The summed E-state index contributed by atoms with van der Waals surface area (Å²) in [5.74, 6) is -0.289. The number of nitriles is 1. The van der Waals surface area contributed by atoms with Gasteiger partial charge in [-0.1, -0.05) is 0 Å². The molecule has 0 spiro atoms. The monoisotopic (exact) mass is 201 g/mol. The second-order valence-electron chi connectivity index (χ2n) is 3.16. The van der Waals surface area contributed by atoms with E-state index in [1.54, 1.807) is 29.9 Å². The minimum atomic E-state index is -0.289. The standard InChI is InChI=1S/C11H8FN3/c1-8-9(6-13)7-15(14-8)11-4-2-10(12)3-5-11/h2-5,7H,1H3. The molecule has 1 heterocycles. The van der Waals surface area contributed by atoms with Gasteiger partial charge in [-0.3, -0.25) is 0 Å². The molecule has 74 valence electrons. The van der Waals surface area contributed by atoms with Gasteiger partial charge in [0.15, 0.2) is 0 Å². The molecular weight excluding hydrogens is 193 g/mol. The number of aromatic nitrogens is 2. The molecule has 0 fully saturated rings. The zero-order chi connectivity index (χ0) is 10.8. The average Bonchev–Trinajstić information content (AvgIpc) is 2.61. The van der Waals surface area contributed by atoms with E-state index in [0.717, 1.165) is 5.69 Å². The Bertz CT molecular complexity index is 520. The van der Waals surface area contributed by atoms with Crippen molar-refractivity contribution in [1.82, 2.24) is 9.78 Å².